The molecule has 2 N–H and O–H groups in total. The molecule has 7 nitrogen and oxygen atoms in total. The van der Waals surface area contributed by atoms with Crippen molar-refractivity contribution >= 4 is 17.7 Å². The number of carbonyl (C=O) groups is 2. The average Bonchev–Trinajstić information content (AvgIpc) is 2.60. The van der Waals surface area contributed by atoms with Crippen molar-refractivity contribution in [2.75, 3.05) is 11.9 Å². The first-order valence-electron chi connectivity index (χ1n) is 8.72. The summed E-state index contributed by atoms with van der Waals surface area (Å²) < 4.78 is 10.8. The molecule has 144 valence electrons. The number of aromatic nitrogens is 1. The zero-order valence-corrected chi connectivity index (χ0v) is 16.0. The van der Waals surface area contributed by atoms with Gasteiger partial charge >= 0.3 is 6.09 Å². The molecule has 0 radical (unpaired) electrons. The van der Waals surface area contributed by atoms with Gasteiger partial charge in [-0.2, -0.15) is 0 Å². The van der Waals surface area contributed by atoms with Crippen molar-refractivity contribution in [1.82, 2.24) is 10.3 Å². The second kappa shape index (κ2) is 9.02. The number of alkyl carbamates (subject to hydrolysis) is 1. The third kappa shape index (κ3) is 6.62. The molecule has 0 bridgehead atoms. The zero-order valence-electron chi connectivity index (χ0n) is 16.0. The monoisotopic (exact) mass is 371 g/mol. The predicted octanol–water partition coefficient (Wildman–Crippen LogP) is 3.76. The topological polar surface area (TPSA) is 89.5 Å². The maximum Gasteiger partial charge on any atom is 0.407 e. The number of carbonyl (C=O) groups excluding carboxylic acids is 2. The van der Waals surface area contributed by atoms with Crippen LogP contribution in [0, 0.1) is 0 Å². The molecular weight excluding hydrogens is 346 g/mol. The van der Waals surface area contributed by atoms with Gasteiger partial charge in [0.25, 0.3) is 5.91 Å². The van der Waals surface area contributed by atoms with Gasteiger partial charge in [0.1, 0.15) is 11.4 Å². The molecule has 7 heteroatoms. The minimum Gasteiger partial charge on any atom is -0.493 e. The molecule has 2 rings (SSSR count). The van der Waals surface area contributed by atoms with Gasteiger partial charge in [0.15, 0.2) is 0 Å². The van der Waals surface area contributed by atoms with Crippen molar-refractivity contribution in [2.45, 2.75) is 39.8 Å². The minimum atomic E-state index is -0.560. The van der Waals surface area contributed by atoms with Crippen LogP contribution in [0.3, 0.4) is 0 Å². The van der Waals surface area contributed by atoms with Crippen LogP contribution in [0.1, 0.15) is 43.6 Å². The van der Waals surface area contributed by atoms with Gasteiger partial charge in [0.2, 0.25) is 0 Å². The molecule has 0 aliphatic rings. The summed E-state index contributed by atoms with van der Waals surface area (Å²) in [5.74, 6) is 0.170. The van der Waals surface area contributed by atoms with Crippen molar-refractivity contribution in [2.24, 2.45) is 0 Å². The number of hydrogen-bond acceptors (Lipinski definition) is 5. The SMILES string of the molecule is CCOc1cc(CNC(=O)OC(C)(C)C)ccc1C(=O)Nc1ccncc1. The number of benzene rings is 1. The zero-order chi connectivity index (χ0) is 19.9. The molecule has 27 heavy (non-hydrogen) atoms. The van der Waals surface area contributed by atoms with E-state index < -0.39 is 11.7 Å². The van der Waals surface area contributed by atoms with Gasteiger partial charge in [-0.3, -0.25) is 9.78 Å². The Morgan fingerprint density at radius 3 is 2.44 bits per heavy atom. The van der Waals surface area contributed by atoms with E-state index in [1.165, 1.54) is 0 Å². The largest absolute Gasteiger partial charge is 0.493 e. The van der Waals surface area contributed by atoms with Crippen molar-refractivity contribution in [3.8, 4) is 5.75 Å². The Kier molecular flexibility index (Phi) is 6.76. The molecule has 0 aliphatic heterocycles. The molecule has 0 saturated heterocycles. The van der Waals surface area contributed by atoms with Crippen LogP contribution < -0.4 is 15.4 Å². The Balaban J connectivity index is 2.09. The summed E-state index contributed by atoms with van der Waals surface area (Å²) in [6.07, 6.45) is 2.70. The predicted molar refractivity (Wildman–Crippen MR) is 103 cm³/mol. The van der Waals surface area contributed by atoms with Crippen molar-refractivity contribution < 1.29 is 19.1 Å². The van der Waals surface area contributed by atoms with Gasteiger partial charge in [-0.05, 0) is 57.5 Å². The van der Waals surface area contributed by atoms with Crippen LogP contribution >= 0.6 is 0 Å². The summed E-state index contributed by atoms with van der Waals surface area (Å²) in [4.78, 5) is 28.2. The van der Waals surface area contributed by atoms with Crippen molar-refractivity contribution in [3.63, 3.8) is 0 Å². The molecule has 0 unspecified atom stereocenters. The van der Waals surface area contributed by atoms with E-state index in [-0.39, 0.29) is 12.5 Å². The Labute approximate surface area is 159 Å². The standard InChI is InChI=1S/C20H25N3O4/c1-5-26-17-12-14(13-22-19(25)27-20(2,3)4)6-7-16(17)18(24)23-15-8-10-21-11-9-15/h6-12H,5,13H2,1-4H3,(H,22,25)(H,21,23,24). The van der Waals surface area contributed by atoms with Crippen molar-refractivity contribution in [1.29, 1.82) is 0 Å². The molecule has 0 atom stereocenters. The molecular formula is C20H25N3O4. The second-order valence-electron chi connectivity index (χ2n) is 6.81. The van der Waals surface area contributed by atoms with Gasteiger partial charge in [0, 0.05) is 24.6 Å². The first kappa shape index (κ1) is 20.2. The number of pyridine rings is 1. The number of ether oxygens (including phenoxy) is 2. The number of nitrogens with one attached hydrogen (secondary N) is 2. The van der Waals surface area contributed by atoms with Crippen LogP contribution in [0.4, 0.5) is 10.5 Å². The summed E-state index contributed by atoms with van der Waals surface area (Å²) in [5, 5.41) is 5.49. The molecule has 0 aliphatic carbocycles. The van der Waals surface area contributed by atoms with E-state index in [1.54, 1.807) is 63.5 Å². The Morgan fingerprint density at radius 1 is 1.11 bits per heavy atom. The molecule has 2 amide bonds. The normalized spacial score (nSPS) is 10.8. The summed E-state index contributed by atoms with van der Waals surface area (Å²) in [7, 11) is 0. The van der Waals surface area contributed by atoms with Crippen LogP contribution in [0.5, 0.6) is 5.75 Å². The Hall–Kier alpha value is -3.09. The minimum absolute atomic E-state index is 0.265. The van der Waals surface area contributed by atoms with Gasteiger partial charge in [-0.15, -0.1) is 0 Å². The highest BCUT2D eigenvalue weighted by Gasteiger charge is 2.17. The second-order valence-corrected chi connectivity index (χ2v) is 6.81. The summed E-state index contributed by atoms with van der Waals surface area (Å²) in [6.45, 7) is 7.93. The lowest BCUT2D eigenvalue weighted by Gasteiger charge is -2.20. The summed E-state index contributed by atoms with van der Waals surface area (Å²) in [5.41, 5.74) is 1.29. The van der Waals surface area contributed by atoms with Crippen LogP contribution in [0.25, 0.3) is 0 Å². The van der Waals surface area contributed by atoms with E-state index in [1.807, 2.05) is 6.92 Å². The lowest BCUT2D eigenvalue weighted by molar-refractivity contribution is 0.0523. The molecule has 2 aromatic rings. The van der Waals surface area contributed by atoms with Gasteiger partial charge in [0.05, 0.1) is 12.2 Å². The third-order valence-corrected chi connectivity index (χ3v) is 3.36. The fourth-order valence-corrected chi connectivity index (χ4v) is 2.26. The smallest absolute Gasteiger partial charge is 0.407 e. The molecule has 0 saturated carbocycles. The maximum absolute atomic E-state index is 12.5. The number of rotatable bonds is 6. The average molecular weight is 371 g/mol. The highest BCUT2D eigenvalue weighted by Crippen LogP contribution is 2.22. The highest BCUT2D eigenvalue weighted by molar-refractivity contribution is 6.06. The summed E-state index contributed by atoms with van der Waals surface area (Å²) >= 11 is 0. The van der Waals surface area contributed by atoms with E-state index in [4.69, 9.17) is 9.47 Å². The number of amides is 2. The molecule has 0 fully saturated rings. The first-order valence-corrected chi connectivity index (χ1v) is 8.72. The van der Waals surface area contributed by atoms with Crippen LogP contribution in [-0.2, 0) is 11.3 Å². The van der Waals surface area contributed by atoms with Crippen molar-refractivity contribution in [3.05, 3.63) is 53.9 Å². The Bertz CT molecular complexity index is 786. The van der Waals surface area contributed by atoms with E-state index >= 15 is 0 Å². The van der Waals surface area contributed by atoms with E-state index in [0.29, 0.717) is 23.6 Å². The van der Waals surface area contributed by atoms with Gasteiger partial charge < -0.3 is 20.1 Å². The maximum atomic E-state index is 12.5. The van der Waals surface area contributed by atoms with Gasteiger partial charge in [-0.25, -0.2) is 4.79 Å². The van der Waals surface area contributed by atoms with E-state index in [0.717, 1.165) is 5.56 Å². The molecule has 0 spiro atoms. The molecule has 1 aromatic carbocycles. The lowest BCUT2D eigenvalue weighted by atomic mass is 10.1. The lowest BCUT2D eigenvalue weighted by Crippen LogP contribution is -2.32. The fraction of sp³-hybridized carbons (Fsp3) is 0.350. The number of hydrogen-bond donors (Lipinski definition) is 2. The van der Waals surface area contributed by atoms with Crippen LogP contribution in [0.2, 0.25) is 0 Å². The highest BCUT2D eigenvalue weighted by atomic mass is 16.6. The van der Waals surface area contributed by atoms with Crippen LogP contribution in [0.15, 0.2) is 42.7 Å². The number of anilines is 1. The first-order chi connectivity index (χ1) is 12.8. The van der Waals surface area contributed by atoms with E-state index in [2.05, 4.69) is 15.6 Å². The van der Waals surface area contributed by atoms with Crippen LogP contribution in [-0.4, -0.2) is 29.2 Å². The van der Waals surface area contributed by atoms with Gasteiger partial charge in [-0.1, -0.05) is 6.07 Å². The van der Waals surface area contributed by atoms with E-state index in [9.17, 15) is 9.59 Å². The fourth-order valence-electron chi connectivity index (χ4n) is 2.26. The molecule has 1 heterocycles. The third-order valence-electron chi connectivity index (χ3n) is 3.36. The molecule has 1 aromatic heterocycles. The summed E-state index contributed by atoms with van der Waals surface area (Å²) in [6, 6.07) is 8.59. The number of nitrogens with zero attached hydrogens (tertiary/aromatic N) is 1. The Morgan fingerprint density at radius 2 is 1.81 bits per heavy atom. The quantitative estimate of drug-likeness (QED) is 0.807.